The number of hydrogen-bond donors (Lipinski definition) is 4. The molecule has 122 heavy (non-hydrogen) atoms. The van der Waals surface area contributed by atoms with Crippen molar-refractivity contribution in [3.05, 3.63) is 337 Å². The van der Waals surface area contributed by atoms with Crippen molar-refractivity contribution >= 4 is 98.9 Å². The van der Waals surface area contributed by atoms with E-state index in [1.807, 2.05) is 97.1 Å². The van der Waals surface area contributed by atoms with E-state index in [0.29, 0.717) is 5.58 Å². The molecule has 8 heterocycles. The van der Waals surface area contributed by atoms with Gasteiger partial charge in [-0.2, -0.15) is 0 Å². The molecule has 0 amide bonds. The molecule has 632 valence electrons. The van der Waals surface area contributed by atoms with Gasteiger partial charge in [0.2, 0.25) is 0 Å². The number of carbonyl (C=O) groups excluding carboxylic acids is 4. The molecule has 17 nitrogen and oxygen atoms in total. The number of furan rings is 1. The zero-order valence-corrected chi connectivity index (χ0v) is 81.2. The first-order chi connectivity index (χ1) is 56.6. The third kappa shape index (κ3) is 30.8. The number of hydrogen-bond acceptors (Lipinski definition) is 20. The van der Waals surface area contributed by atoms with Crippen molar-refractivity contribution < 1.29 is 124 Å². The molecule has 4 radical (unpaired) electrons. The summed E-state index contributed by atoms with van der Waals surface area (Å²) in [6, 6.07) is 83.1. The minimum atomic E-state index is -0.125. The molecule has 16 aromatic rings. The van der Waals surface area contributed by atoms with Crippen LogP contribution in [0.15, 0.2) is 283 Å². The van der Waals surface area contributed by atoms with Crippen molar-refractivity contribution in [1.82, 2.24) is 39.9 Å². The van der Waals surface area contributed by atoms with Crippen molar-refractivity contribution in [3.8, 4) is 87.7 Å². The summed E-state index contributed by atoms with van der Waals surface area (Å²) in [6.45, 7) is 24.1. The second-order valence-electron chi connectivity index (χ2n) is 27.2. The van der Waals surface area contributed by atoms with Crippen LogP contribution in [-0.2, 0) is 99.6 Å². The van der Waals surface area contributed by atoms with E-state index < -0.39 is 0 Å². The zero-order chi connectivity index (χ0) is 85.0. The third-order valence-electron chi connectivity index (χ3n) is 16.5. The molecule has 0 atom stereocenters. The second kappa shape index (κ2) is 50.4. The third-order valence-corrected chi connectivity index (χ3v) is 20.0. The van der Waals surface area contributed by atoms with E-state index in [0.717, 1.165) is 104 Å². The van der Waals surface area contributed by atoms with E-state index in [1.54, 1.807) is 59.3 Å². The number of aryl methyl sites for hydroxylation is 6. The van der Waals surface area contributed by atoms with Gasteiger partial charge < -0.3 is 24.8 Å². The Bertz CT molecular complexity index is 5940. The minimum Gasteiger partial charge on any atom is -0.512 e. The molecule has 16 rings (SSSR count). The molecule has 0 aliphatic heterocycles. The fourth-order valence-electron chi connectivity index (χ4n) is 12.0. The van der Waals surface area contributed by atoms with Crippen LogP contribution in [0.2, 0.25) is 0 Å². The number of rotatable bonds is 12. The molecule has 0 aliphatic rings. The number of ketones is 4. The molecule has 8 aromatic carbocycles. The van der Waals surface area contributed by atoms with Gasteiger partial charge in [0, 0.05) is 168 Å². The van der Waals surface area contributed by atoms with Gasteiger partial charge in [-0.05, 0) is 115 Å². The summed E-state index contributed by atoms with van der Waals surface area (Å²) in [7, 11) is 0. The van der Waals surface area contributed by atoms with E-state index in [2.05, 4.69) is 215 Å². The van der Waals surface area contributed by atoms with Crippen LogP contribution in [-0.4, -0.2) is 83.4 Å². The molecule has 0 spiro atoms. The van der Waals surface area contributed by atoms with Crippen molar-refractivity contribution in [2.75, 3.05) is 0 Å². The molecule has 0 bridgehead atoms. The number of nitrogens with zero attached hydrogens (tertiary/aromatic N) is 8. The van der Waals surface area contributed by atoms with Crippen molar-refractivity contribution in [2.45, 2.75) is 96.9 Å². The largest absolute Gasteiger partial charge is 0.512 e. The quantitative estimate of drug-likeness (QED) is 0.0503. The van der Waals surface area contributed by atoms with Crippen LogP contribution in [0.3, 0.4) is 0 Å². The molecule has 0 saturated carbocycles. The minimum absolute atomic E-state index is 0. The summed E-state index contributed by atoms with van der Waals surface area (Å²) < 4.78 is 9.35. The molecule has 0 fully saturated rings. The Morgan fingerprint density at radius 2 is 0.656 bits per heavy atom. The normalized spacial score (nSPS) is 10.7. The van der Waals surface area contributed by atoms with Crippen molar-refractivity contribution in [2.24, 2.45) is 0 Å². The number of aromatic nitrogens is 8. The standard InChI is InChI=1S/C22H19N2S.C20H15N2S.C18H11N2O.C18H11N2S.4C5H8O2.4Ir/c1-13-8-14(2)10-17(9-13)21-22-18(23-12-24-21)11-19(25-22)20-15(3)6-5-7-16(20)4;1-13-8-14(2)10-16(9-13)19-20-17(21-12-22-19)11-18(23-20)15-6-4-3-5-7-15;2*1-3-7-13(8-4-1)16-11-15-18(21-16)17(20-12-19-15)14-9-5-2-6-10-14;4*1-4(6)3-5(2)7;;;;/h5-9,11-12H,1-4H3;3-9,11-12H,1-2H3;2*1-9,11-12H;4*3,6H,1-2H3;;;;/q4*-1;;;;;;;;. The molecule has 0 unspecified atom stereocenters. The Hall–Kier alpha value is -11.1. The van der Waals surface area contributed by atoms with Gasteiger partial charge in [-0.25, -0.2) is 19.9 Å². The van der Waals surface area contributed by atoms with Gasteiger partial charge in [0.05, 0.1) is 39.6 Å². The van der Waals surface area contributed by atoms with Crippen molar-refractivity contribution in [3.63, 3.8) is 0 Å². The Morgan fingerprint density at radius 3 is 0.992 bits per heavy atom. The number of fused-ring (bicyclic) bond motifs is 4. The average Bonchev–Trinajstić information content (AvgIpc) is 1.66. The predicted octanol–water partition coefficient (Wildman–Crippen LogP) is 24.8. The van der Waals surface area contributed by atoms with Crippen LogP contribution in [0.1, 0.15) is 88.8 Å². The number of allylic oxidation sites excluding steroid dienone is 8. The summed E-state index contributed by atoms with van der Waals surface area (Å²) in [4.78, 5) is 79.3. The van der Waals surface area contributed by atoms with Crippen LogP contribution in [0.5, 0.6) is 0 Å². The summed E-state index contributed by atoms with van der Waals surface area (Å²) in [5, 5.41) is 33.5. The van der Waals surface area contributed by atoms with Crippen LogP contribution < -0.4 is 0 Å². The first-order valence-corrected chi connectivity index (χ1v) is 39.7. The Labute approximate surface area is 777 Å². The van der Waals surface area contributed by atoms with E-state index in [1.165, 1.54) is 133 Å². The number of carbonyl (C=O) groups is 4. The summed E-state index contributed by atoms with van der Waals surface area (Å²) in [5.74, 6) is 0.545. The van der Waals surface area contributed by atoms with Gasteiger partial charge in [-0.1, -0.05) is 137 Å². The van der Waals surface area contributed by atoms with Gasteiger partial charge in [0.25, 0.3) is 0 Å². The summed E-state index contributed by atoms with van der Waals surface area (Å²) in [6.07, 6.45) is 11.2. The molecular weight excluding hydrogens is 2300 g/mol. The Morgan fingerprint density at radius 1 is 0.336 bits per heavy atom. The second-order valence-corrected chi connectivity index (χ2v) is 30.4. The molecule has 0 saturated heterocycles. The van der Waals surface area contributed by atoms with Crippen LogP contribution in [0.25, 0.3) is 129 Å². The van der Waals surface area contributed by atoms with Gasteiger partial charge in [0.15, 0.2) is 23.1 Å². The van der Waals surface area contributed by atoms with Gasteiger partial charge in [-0.15, -0.1) is 176 Å². The van der Waals surface area contributed by atoms with E-state index in [4.69, 9.17) is 24.8 Å². The van der Waals surface area contributed by atoms with Crippen molar-refractivity contribution in [1.29, 1.82) is 0 Å². The van der Waals surface area contributed by atoms with E-state index in [-0.39, 0.29) is 127 Å². The summed E-state index contributed by atoms with van der Waals surface area (Å²) >= 11 is 5.23. The van der Waals surface area contributed by atoms with Crippen LogP contribution in [0.4, 0.5) is 0 Å². The zero-order valence-electron chi connectivity index (χ0n) is 69.2. The van der Waals surface area contributed by atoms with Gasteiger partial charge in [0.1, 0.15) is 42.2 Å². The predicted molar refractivity (Wildman–Crippen MR) is 480 cm³/mol. The molecule has 4 N–H and O–H groups in total. The fourth-order valence-corrected chi connectivity index (χ4v) is 15.6. The average molecular weight is 2390 g/mol. The maximum Gasteiger partial charge on any atom is 0.155 e. The molecular formula is C98H88Ir4N8O9S3-4. The molecule has 8 aromatic heterocycles. The smallest absolute Gasteiger partial charge is 0.155 e. The van der Waals surface area contributed by atoms with Gasteiger partial charge >= 0.3 is 0 Å². The summed E-state index contributed by atoms with van der Waals surface area (Å²) in [5.41, 5.74) is 24.2. The van der Waals surface area contributed by atoms with Gasteiger partial charge in [-0.3, -0.25) is 39.1 Å². The number of aliphatic hydroxyl groups excluding tert-OH is 4. The Kier molecular flexibility index (Phi) is 41.9. The molecule has 24 heteroatoms. The van der Waals surface area contributed by atoms with Crippen LogP contribution >= 0.6 is 34.0 Å². The van der Waals surface area contributed by atoms with Crippen LogP contribution in [0, 0.1) is 65.8 Å². The Balaban J connectivity index is 0.000000259. The maximum absolute atomic E-state index is 10.0. The maximum atomic E-state index is 10.0. The SMILES string of the molecule is CC(=O)C=C(C)O.CC(=O)C=C(C)O.CC(=O)C=C(C)O.CC(=O)C=C(C)O.Cc1[c-]c(-c2ncnc3cc(-c4c(C)cccc4C)sc23)cc(C)c1.Cc1[c-]c(-c2ncnc3cc(-c4ccccc4)sc23)cc(C)c1.[Ir].[Ir].[Ir].[Ir].[c-]1ccccc1-c1ncnc2cc(-c3ccccc3)oc12.[c-]1ccccc1-c1ncnc2cc(-c3ccccc3)sc12. The van der Waals surface area contributed by atoms with E-state index >= 15 is 0 Å². The first kappa shape index (κ1) is 101. The first-order valence-electron chi connectivity index (χ1n) is 37.3. The fraction of sp³-hybridized carbons (Fsp3) is 0.143. The number of thiophene rings is 3. The monoisotopic (exact) mass is 2390 g/mol. The van der Waals surface area contributed by atoms with E-state index in [9.17, 15) is 19.2 Å². The number of aliphatic hydroxyl groups is 4. The molecule has 0 aliphatic carbocycles. The number of benzene rings is 8. The topological polar surface area (TPSA) is 265 Å².